The van der Waals surface area contributed by atoms with Gasteiger partial charge >= 0.3 is 5.97 Å². The lowest BCUT2D eigenvalue weighted by Gasteiger charge is -2.08. The minimum absolute atomic E-state index is 0.177. The Balaban J connectivity index is 1.74. The second kappa shape index (κ2) is 10.4. The molecular formula is C25H28N4O5. The first-order chi connectivity index (χ1) is 16.2. The lowest BCUT2D eigenvalue weighted by molar-refractivity contribution is -0.137. The summed E-state index contributed by atoms with van der Waals surface area (Å²) in [6.07, 6.45) is 1.48. The maximum Gasteiger partial charge on any atom is 0.349 e. The van der Waals surface area contributed by atoms with Crippen LogP contribution in [0.3, 0.4) is 0 Å². The normalized spacial score (nSPS) is 11.5. The molecule has 0 bridgehead atoms. The lowest BCUT2D eigenvalue weighted by atomic mass is 10.1. The topological polar surface area (TPSA) is 112 Å². The highest BCUT2D eigenvalue weighted by atomic mass is 16.5. The summed E-state index contributed by atoms with van der Waals surface area (Å²) in [4.78, 5) is 25.3. The molecule has 0 aliphatic carbocycles. The molecule has 0 aromatic carbocycles. The van der Waals surface area contributed by atoms with E-state index in [0.29, 0.717) is 36.0 Å². The van der Waals surface area contributed by atoms with Gasteiger partial charge in [0.05, 0.1) is 6.61 Å². The number of rotatable bonds is 9. The van der Waals surface area contributed by atoms with Gasteiger partial charge in [0.2, 0.25) is 5.78 Å². The summed E-state index contributed by atoms with van der Waals surface area (Å²) >= 11 is 0. The van der Waals surface area contributed by atoms with Gasteiger partial charge in [-0.05, 0) is 58.4 Å². The Morgan fingerprint density at radius 3 is 2.47 bits per heavy atom. The van der Waals surface area contributed by atoms with E-state index in [9.17, 15) is 14.9 Å². The first kappa shape index (κ1) is 24.7. The molecule has 0 saturated carbocycles. The molecule has 3 rings (SSSR count). The molecule has 0 atom stereocenters. The summed E-state index contributed by atoms with van der Waals surface area (Å²) in [5, 5.41) is 13.5. The summed E-state index contributed by atoms with van der Waals surface area (Å²) < 4.78 is 19.3. The van der Waals surface area contributed by atoms with Crippen LogP contribution >= 0.6 is 0 Å². The van der Waals surface area contributed by atoms with Gasteiger partial charge in [-0.2, -0.15) is 5.26 Å². The molecule has 9 heteroatoms. The van der Waals surface area contributed by atoms with Crippen molar-refractivity contribution in [1.29, 1.82) is 5.26 Å². The van der Waals surface area contributed by atoms with E-state index in [-0.39, 0.29) is 11.4 Å². The van der Waals surface area contributed by atoms with E-state index in [0.717, 1.165) is 22.6 Å². The van der Waals surface area contributed by atoms with Crippen LogP contribution in [0.2, 0.25) is 0 Å². The van der Waals surface area contributed by atoms with Gasteiger partial charge in [0.25, 0.3) is 0 Å². The van der Waals surface area contributed by atoms with Gasteiger partial charge in [-0.15, -0.1) is 0 Å². The Morgan fingerprint density at radius 2 is 1.85 bits per heavy atom. The number of ketones is 1. The Labute approximate surface area is 198 Å². The number of Topliss-reactive ketones (excluding diaryl/α,β-unsaturated/α-hetero) is 1. The second-order valence-electron chi connectivity index (χ2n) is 8.06. The molecular weight excluding hydrogens is 436 g/mol. The molecule has 3 aromatic rings. The molecule has 0 aliphatic rings. The molecule has 9 nitrogen and oxygen atoms in total. The SMILES string of the molecule is COCCn1c(C)cc(/C=C(\C#N)C(=O)OCC(=O)c2cc(C)n(-c3cc(C)on3)c2C)c1C. The number of aromatic nitrogens is 3. The van der Waals surface area contributed by atoms with Gasteiger partial charge < -0.3 is 18.6 Å². The summed E-state index contributed by atoms with van der Waals surface area (Å²) in [7, 11) is 1.63. The van der Waals surface area contributed by atoms with Gasteiger partial charge in [0.15, 0.2) is 12.4 Å². The zero-order chi connectivity index (χ0) is 25.0. The van der Waals surface area contributed by atoms with Crippen LogP contribution in [0.5, 0.6) is 0 Å². The highest BCUT2D eigenvalue weighted by Gasteiger charge is 2.21. The molecule has 0 aliphatic heterocycles. The summed E-state index contributed by atoms with van der Waals surface area (Å²) in [6.45, 7) is 10.00. The highest BCUT2D eigenvalue weighted by Crippen LogP contribution is 2.22. The Hall–Kier alpha value is -3.90. The fourth-order valence-corrected chi connectivity index (χ4v) is 3.94. The maximum absolute atomic E-state index is 12.8. The number of carbonyl (C=O) groups excluding carboxylic acids is 2. The Kier molecular flexibility index (Phi) is 7.54. The molecule has 0 N–H and O–H groups in total. The second-order valence-corrected chi connectivity index (χ2v) is 8.06. The zero-order valence-corrected chi connectivity index (χ0v) is 20.3. The number of nitriles is 1. The molecule has 0 radical (unpaired) electrons. The van der Waals surface area contributed by atoms with E-state index in [4.69, 9.17) is 14.0 Å². The van der Waals surface area contributed by atoms with Crippen molar-refractivity contribution in [2.24, 2.45) is 0 Å². The average molecular weight is 465 g/mol. The van der Waals surface area contributed by atoms with E-state index in [2.05, 4.69) is 5.16 Å². The highest BCUT2D eigenvalue weighted by molar-refractivity contribution is 6.02. The summed E-state index contributed by atoms with van der Waals surface area (Å²) in [5.74, 6) is 0.00219. The van der Waals surface area contributed by atoms with Gasteiger partial charge in [-0.3, -0.25) is 9.36 Å². The number of carbonyl (C=O) groups is 2. The van der Waals surface area contributed by atoms with Crippen molar-refractivity contribution < 1.29 is 23.6 Å². The van der Waals surface area contributed by atoms with Crippen molar-refractivity contribution in [2.45, 2.75) is 41.2 Å². The monoisotopic (exact) mass is 464 g/mol. The molecule has 3 aromatic heterocycles. The third-order valence-corrected chi connectivity index (χ3v) is 5.68. The van der Waals surface area contributed by atoms with Crippen LogP contribution in [-0.4, -0.2) is 46.4 Å². The number of ether oxygens (including phenoxy) is 2. The third-order valence-electron chi connectivity index (χ3n) is 5.68. The number of hydrogen-bond donors (Lipinski definition) is 0. The van der Waals surface area contributed by atoms with Crippen molar-refractivity contribution in [1.82, 2.24) is 14.3 Å². The van der Waals surface area contributed by atoms with Crippen molar-refractivity contribution in [3.63, 3.8) is 0 Å². The fourth-order valence-electron chi connectivity index (χ4n) is 3.94. The molecule has 0 amide bonds. The lowest BCUT2D eigenvalue weighted by Crippen LogP contribution is -2.16. The average Bonchev–Trinajstić information content (AvgIpc) is 3.43. The van der Waals surface area contributed by atoms with Crippen LogP contribution in [-0.2, 0) is 20.8 Å². The van der Waals surface area contributed by atoms with Crippen LogP contribution in [0.4, 0.5) is 0 Å². The Morgan fingerprint density at radius 1 is 1.12 bits per heavy atom. The van der Waals surface area contributed by atoms with E-state index < -0.39 is 12.6 Å². The first-order valence-electron chi connectivity index (χ1n) is 10.8. The van der Waals surface area contributed by atoms with Crippen LogP contribution in [0, 0.1) is 45.9 Å². The predicted octanol–water partition coefficient (Wildman–Crippen LogP) is 3.79. The molecule has 34 heavy (non-hydrogen) atoms. The molecule has 0 unspecified atom stereocenters. The van der Waals surface area contributed by atoms with Crippen molar-refractivity contribution in [2.75, 3.05) is 20.3 Å². The zero-order valence-electron chi connectivity index (χ0n) is 20.3. The van der Waals surface area contributed by atoms with Crippen LogP contribution < -0.4 is 0 Å². The van der Waals surface area contributed by atoms with Crippen molar-refractivity contribution in [3.8, 4) is 11.9 Å². The van der Waals surface area contributed by atoms with Crippen molar-refractivity contribution in [3.05, 3.63) is 63.4 Å². The fraction of sp³-hybridized carbons (Fsp3) is 0.360. The number of aryl methyl sites for hydroxylation is 3. The minimum Gasteiger partial charge on any atom is -0.453 e. The molecule has 0 fully saturated rings. The molecule has 3 heterocycles. The summed E-state index contributed by atoms with van der Waals surface area (Å²) in [6, 6.07) is 7.25. The van der Waals surface area contributed by atoms with Gasteiger partial charge in [-0.25, -0.2) is 4.79 Å². The van der Waals surface area contributed by atoms with Crippen LogP contribution in [0.25, 0.3) is 11.9 Å². The van der Waals surface area contributed by atoms with Crippen LogP contribution in [0.15, 0.2) is 28.3 Å². The van der Waals surface area contributed by atoms with Crippen molar-refractivity contribution >= 4 is 17.8 Å². The van der Waals surface area contributed by atoms with E-state index in [1.54, 1.807) is 37.7 Å². The molecule has 178 valence electrons. The number of nitrogens with zero attached hydrogens (tertiary/aromatic N) is 4. The summed E-state index contributed by atoms with van der Waals surface area (Å²) in [5.41, 5.74) is 4.31. The quantitative estimate of drug-likeness (QED) is 0.205. The smallest absolute Gasteiger partial charge is 0.349 e. The first-order valence-corrected chi connectivity index (χ1v) is 10.8. The van der Waals surface area contributed by atoms with Gasteiger partial charge in [-0.1, -0.05) is 5.16 Å². The number of hydrogen-bond acceptors (Lipinski definition) is 7. The van der Waals surface area contributed by atoms with Crippen LogP contribution in [0.1, 0.15) is 44.5 Å². The minimum atomic E-state index is -0.849. The Bertz CT molecular complexity index is 1300. The van der Waals surface area contributed by atoms with Gasteiger partial charge in [0.1, 0.15) is 17.4 Å². The van der Waals surface area contributed by atoms with Gasteiger partial charge in [0, 0.05) is 48.1 Å². The maximum atomic E-state index is 12.8. The number of methoxy groups -OCH3 is 1. The third kappa shape index (κ3) is 5.02. The van der Waals surface area contributed by atoms with E-state index in [1.165, 1.54) is 6.08 Å². The number of esters is 1. The molecule has 0 spiro atoms. The molecule has 0 saturated heterocycles. The predicted molar refractivity (Wildman–Crippen MR) is 125 cm³/mol. The van der Waals surface area contributed by atoms with E-state index in [1.807, 2.05) is 37.5 Å². The standard InChI is InChI=1S/C25H28N4O5/c1-15-9-20(18(4)28(15)7-8-32-6)12-21(13-26)25(31)33-14-23(30)22-10-16(2)29(19(22)5)24-11-17(3)34-27-24/h9-12H,7-8,14H2,1-6H3/b21-12+. The van der Waals surface area contributed by atoms with E-state index >= 15 is 0 Å². The largest absolute Gasteiger partial charge is 0.453 e.